The van der Waals surface area contributed by atoms with E-state index in [0.29, 0.717) is 12.6 Å². The predicted octanol–water partition coefficient (Wildman–Crippen LogP) is -1.02. The molecule has 0 saturated carbocycles. The number of aromatic nitrogens is 2. The molecule has 14 heavy (non-hydrogen) atoms. The summed E-state index contributed by atoms with van der Waals surface area (Å²) in [5, 5.41) is 10.0. The number of nitrogens with zero attached hydrogens (tertiary/aromatic N) is 3. The van der Waals surface area contributed by atoms with Crippen LogP contribution in [0.2, 0.25) is 0 Å². The molecule has 1 amide bonds. The van der Waals surface area contributed by atoms with Gasteiger partial charge in [-0.25, -0.2) is 0 Å². The van der Waals surface area contributed by atoms with Gasteiger partial charge in [0, 0.05) is 12.6 Å². The third-order valence-corrected chi connectivity index (χ3v) is 1.94. The van der Waals surface area contributed by atoms with Gasteiger partial charge in [0.2, 0.25) is 5.91 Å². The van der Waals surface area contributed by atoms with E-state index in [4.69, 9.17) is 10.2 Å². The first-order valence-corrected chi connectivity index (χ1v) is 4.28. The standard InChI is InChI=1S/C7H11N5O2/c1-4-2-12(3-5(13)9-4)7-11-10-6(8)14-7/h4H,2-3H2,1H3,(H2,8,10)(H,9,13). The highest BCUT2D eigenvalue weighted by molar-refractivity contribution is 5.82. The van der Waals surface area contributed by atoms with Crippen molar-refractivity contribution in [1.29, 1.82) is 0 Å². The lowest BCUT2D eigenvalue weighted by atomic mass is 10.2. The molecular weight excluding hydrogens is 186 g/mol. The molecule has 1 aromatic heterocycles. The largest absolute Gasteiger partial charge is 0.390 e. The molecule has 0 aromatic carbocycles. The van der Waals surface area contributed by atoms with Crippen LogP contribution >= 0.6 is 0 Å². The number of piperazine rings is 1. The van der Waals surface area contributed by atoms with Crippen LogP contribution in [0.25, 0.3) is 0 Å². The van der Waals surface area contributed by atoms with Crippen molar-refractivity contribution in [1.82, 2.24) is 15.5 Å². The van der Waals surface area contributed by atoms with E-state index >= 15 is 0 Å². The Hall–Kier alpha value is -1.79. The number of nitrogen functional groups attached to an aromatic ring is 1. The second-order valence-electron chi connectivity index (χ2n) is 3.27. The average molecular weight is 197 g/mol. The quantitative estimate of drug-likeness (QED) is 0.597. The maximum Gasteiger partial charge on any atom is 0.320 e. The van der Waals surface area contributed by atoms with Crippen molar-refractivity contribution in [2.45, 2.75) is 13.0 Å². The summed E-state index contributed by atoms with van der Waals surface area (Å²) in [5.74, 6) is -0.0551. The van der Waals surface area contributed by atoms with E-state index in [1.165, 1.54) is 0 Å². The molecule has 0 spiro atoms. The maximum absolute atomic E-state index is 11.2. The number of carbonyl (C=O) groups excluding carboxylic acids is 1. The lowest BCUT2D eigenvalue weighted by Gasteiger charge is -2.29. The van der Waals surface area contributed by atoms with Crippen molar-refractivity contribution in [2.75, 3.05) is 23.7 Å². The van der Waals surface area contributed by atoms with E-state index in [2.05, 4.69) is 15.5 Å². The van der Waals surface area contributed by atoms with Crippen LogP contribution < -0.4 is 16.0 Å². The number of hydrogen-bond acceptors (Lipinski definition) is 6. The number of hydrogen-bond donors (Lipinski definition) is 2. The molecule has 2 heterocycles. The number of anilines is 2. The molecular formula is C7H11N5O2. The molecule has 0 aliphatic carbocycles. The minimum absolute atomic E-state index is 0.0126. The van der Waals surface area contributed by atoms with Gasteiger partial charge in [0.15, 0.2) is 0 Å². The van der Waals surface area contributed by atoms with Crippen molar-refractivity contribution < 1.29 is 9.21 Å². The Labute approximate surface area is 80.3 Å². The molecule has 1 unspecified atom stereocenters. The topological polar surface area (TPSA) is 97.3 Å². The van der Waals surface area contributed by atoms with Gasteiger partial charge in [-0.15, -0.1) is 0 Å². The van der Waals surface area contributed by atoms with Gasteiger partial charge >= 0.3 is 12.0 Å². The Bertz CT molecular complexity index is 350. The van der Waals surface area contributed by atoms with Crippen LogP contribution in [-0.2, 0) is 4.79 Å². The summed E-state index contributed by atoms with van der Waals surface area (Å²) in [6.45, 7) is 2.78. The summed E-state index contributed by atoms with van der Waals surface area (Å²) in [6, 6.07) is 0.382. The average Bonchev–Trinajstić information content (AvgIpc) is 2.50. The third kappa shape index (κ3) is 1.61. The van der Waals surface area contributed by atoms with E-state index in [1.54, 1.807) is 4.90 Å². The zero-order chi connectivity index (χ0) is 10.1. The summed E-state index contributed by atoms with van der Waals surface area (Å²) < 4.78 is 5.02. The molecule has 2 rings (SSSR count). The second kappa shape index (κ2) is 3.17. The summed E-state index contributed by atoms with van der Waals surface area (Å²) >= 11 is 0. The Morgan fingerprint density at radius 2 is 2.43 bits per heavy atom. The SMILES string of the molecule is CC1CN(c2nnc(N)o2)CC(=O)N1. The maximum atomic E-state index is 11.2. The molecule has 0 bridgehead atoms. The van der Waals surface area contributed by atoms with Crippen molar-refractivity contribution >= 4 is 17.9 Å². The minimum atomic E-state index is -0.0551. The van der Waals surface area contributed by atoms with Crippen molar-refractivity contribution in [3.63, 3.8) is 0 Å². The first kappa shape index (κ1) is 8.79. The molecule has 7 nitrogen and oxygen atoms in total. The first-order chi connectivity index (χ1) is 6.65. The fourth-order valence-corrected chi connectivity index (χ4v) is 1.43. The van der Waals surface area contributed by atoms with E-state index in [0.717, 1.165) is 0 Å². The Morgan fingerprint density at radius 1 is 1.64 bits per heavy atom. The van der Waals surface area contributed by atoms with Crippen molar-refractivity contribution in [2.24, 2.45) is 0 Å². The van der Waals surface area contributed by atoms with Gasteiger partial charge < -0.3 is 20.4 Å². The van der Waals surface area contributed by atoms with Gasteiger partial charge in [0.05, 0.1) is 0 Å². The molecule has 1 aromatic rings. The number of nitrogens with two attached hydrogens (primary N) is 1. The minimum Gasteiger partial charge on any atom is -0.390 e. The molecule has 1 saturated heterocycles. The van der Waals surface area contributed by atoms with E-state index < -0.39 is 0 Å². The van der Waals surface area contributed by atoms with E-state index in [1.807, 2.05) is 6.92 Å². The molecule has 1 fully saturated rings. The van der Waals surface area contributed by atoms with Crippen LogP contribution in [0.15, 0.2) is 4.42 Å². The Balaban J connectivity index is 2.14. The van der Waals surface area contributed by atoms with Crippen molar-refractivity contribution in [3.8, 4) is 0 Å². The predicted molar refractivity (Wildman–Crippen MR) is 48.5 cm³/mol. The van der Waals surface area contributed by atoms with Gasteiger partial charge in [-0.2, -0.15) is 0 Å². The van der Waals surface area contributed by atoms with Gasteiger partial charge in [-0.1, -0.05) is 10.2 Å². The summed E-state index contributed by atoms with van der Waals surface area (Å²) in [7, 11) is 0. The molecule has 76 valence electrons. The highest BCUT2D eigenvalue weighted by atomic mass is 16.4. The Kier molecular flexibility index (Phi) is 1.99. The van der Waals surface area contributed by atoms with E-state index in [-0.39, 0.29) is 24.5 Å². The summed E-state index contributed by atoms with van der Waals surface area (Å²) in [5.41, 5.74) is 5.29. The van der Waals surface area contributed by atoms with Crippen LogP contribution in [-0.4, -0.2) is 35.2 Å². The van der Waals surface area contributed by atoms with Gasteiger partial charge in [0.25, 0.3) is 0 Å². The highest BCUT2D eigenvalue weighted by Gasteiger charge is 2.24. The number of amides is 1. The third-order valence-electron chi connectivity index (χ3n) is 1.94. The number of nitrogens with one attached hydrogen (secondary N) is 1. The van der Waals surface area contributed by atoms with Gasteiger partial charge in [-0.05, 0) is 6.92 Å². The molecule has 1 aliphatic rings. The molecule has 1 atom stereocenters. The lowest BCUT2D eigenvalue weighted by Crippen LogP contribution is -2.53. The monoisotopic (exact) mass is 197 g/mol. The van der Waals surface area contributed by atoms with Crippen molar-refractivity contribution in [3.05, 3.63) is 0 Å². The molecule has 3 N–H and O–H groups in total. The lowest BCUT2D eigenvalue weighted by molar-refractivity contribution is -0.121. The van der Waals surface area contributed by atoms with E-state index in [9.17, 15) is 4.79 Å². The normalized spacial score (nSPS) is 22.2. The smallest absolute Gasteiger partial charge is 0.320 e. The van der Waals surface area contributed by atoms with Gasteiger partial charge in [-0.3, -0.25) is 4.79 Å². The molecule has 7 heteroatoms. The second-order valence-corrected chi connectivity index (χ2v) is 3.27. The summed E-state index contributed by atoms with van der Waals surface area (Å²) in [6.07, 6.45) is 0. The highest BCUT2D eigenvalue weighted by Crippen LogP contribution is 2.14. The van der Waals surface area contributed by atoms with Crippen LogP contribution in [0.5, 0.6) is 0 Å². The van der Waals surface area contributed by atoms with Crippen LogP contribution in [0, 0.1) is 0 Å². The summed E-state index contributed by atoms with van der Waals surface area (Å²) in [4.78, 5) is 12.9. The van der Waals surface area contributed by atoms with Gasteiger partial charge in [0.1, 0.15) is 6.54 Å². The fraction of sp³-hybridized carbons (Fsp3) is 0.571. The number of rotatable bonds is 1. The molecule has 0 radical (unpaired) electrons. The zero-order valence-electron chi connectivity index (χ0n) is 7.73. The fourth-order valence-electron chi connectivity index (χ4n) is 1.43. The zero-order valence-corrected chi connectivity index (χ0v) is 7.73. The molecule has 1 aliphatic heterocycles. The Morgan fingerprint density at radius 3 is 3.00 bits per heavy atom. The van der Waals surface area contributed by atoms with Crippen LogP contribution in [0.4, 0.5) is 12.0 Å². The van der Waals surface area contributed by atoms with Crippen LogP contribution in [0.1, 0.15) is 6.92 Å². The van der Waals surface area contributed by atoms with Crippen LogP contribution in [0.3, 0.4) is 0 Å². The first-order valence-electron chi connectivity index (χ1n) is 4.28. The number of carbonyl (C=O) groups is 1.